The maximum atomic E-state index is 3.25. The summed E-state index contributed by atoms with van der Waals surface area (Å²) in [5.41, 5.74) is 2.52. The average Bonchev–Trinajstić information content (AvgIpc) is 2.36. The fraction of sp³-hybridized carbons (Fsp3) is 0.125. The van der Waals surface area contributed by atoms with Crippen LogP contribution in [0.2, 0.25) is 0 Å². The van der Waals surface area contributed by atoms with Gasteiger partial charge in [-0.15, -0.1) is 0 Å². The van der Waals surface area contributed by atoms with Crippen molar-refractivity contribution in [3.63, 3.8) is 0 Å². The van der Waals surface area contributed by atoms with Gasteiger partial charge in [-0.25, -0.2) is 0 Å². The van der Waals surface area contributed by atoms with Gasteiger partial charge in [-0.1, -0.05) is 30.3 Å². The van der Waals surface area contributed by atoms with Gasteiger partial charge in [-0.2, -0.15) is 0 Å². The van der Waals surface area contributed by atoms with Gasteiger partial charge in [-0.05, 0) is 46.8 Å². The first kappa shape index (κ1) is 10.2. The third kappa shape index (κ3) is 1.55. The molecule has 1 nitrogen and oxygen atoms in total. The highest BCUT2D eigenvalue weighted by molar-refractivity contribution is 6.04. The number of hydrogen-bond donors (Lipinski definition) is 1. The largest absolute Gasteiger partial charge is 0.388 e. The standard InChI is InChI=1S/C16H15N/c1-11-5-3-6-12-9-13-7-4-8-16(17-2)15(13)10-14(11)12/h3-10,17H,1-2H3. The first-order valence-corrected chi connectivity index (χ1v) is 5.89. The number of benzene rings is 3. The van der Waals surface area contributed by atoms with Crippen LogP contribution < -0.4 is 5.32 Å². The van der Waals surface area contributed by atoms with E-state index in [1.165, 1.54) is 32.8 Å². The van der Waals surface area contributed by atoms with Crippen LogP contribution in [0.1, 0.15) is 5.56 Å². The normalized spacial score (nSPS) is 10.9. The van der Waals surface area contributed by atoms with Crippen molar-refractivity contribution in [3.05, 3.63) is 54.1 Å². The maximum absolute atomic E-state index is 3.25. The Morgan fingerprint density at radius 3 is 2.29 bits per heavy atom. The Labute approximate surface area is 101 Å². The summed E-state index contributed by atoms with van der Waals surface area (Å²) in [5, 5.41) is 8.48. The van der Waals surface area contributed by atoms with Crippen LogP contribution in [0, 0.1) is 6.92 Å². The Morgan fingerprint density at radius 2 is 1.53 bits per heavy atom. The predicted octanol–water partition coefficient (Wildman–Crippen LogP) is 4.34. The molecule has 0 amide bonds. The van der Waals surface area contributed by atoms with Crippen LogP contribution in [-0.2, 0) is 0 Å². The van der Waals surface area contributed by atoms with E-state index in [1.54, 1.807) is 0 Å². The molecule has 0 aromatic heterocycles. The van der Waals surface area contributed by atoms with Gasteiger partial charge in [0.2, 0.25) is 0 Å². The molecule has 17 heavy (non-hydrogen) atoms. The second-order valence-corrected chi connectivity index (χ2v) is 4.42. The molecule has 0 aliphatic heterocycles. The Balaban J connectivity index is 2.49. The third-order valence-corrected chi connectivity index (χ3v) is 3.37. The number of anilines is 1. The van der Waals surface area contributed by atoms with Crippen molar-refractivity contribution in [2.45, 2.75) is 6.92 Å². The van der Waals surface area contributed by atoms with E-state index in [0.717, 1.165) is 0 Å². The average molecular weight is 221 g/mol. The summed E-state index contributed by atoms with van der Waals surface area (Å²) in [6.07, 6.45) is 0. The minimum atomic E-state index is 1.19. The molecule has 0 bridgehead atoms. The van der Waals surface area contributed by atoms with E-state index in [4.69, 9.17) is 0 Å². The van der Waals surface area contributed by atoms with Gasteiger partial charge in [0.25, 0.3) is 0 Å². The van der Waals surface area contributed by atoms with Crippen molar-refractivity contribution in [3.8, 4) is 0 Å². The topological polar surface area (TPSA) is 12.0 Å². The molecule has 0 unspecified atom stereocenters. The van der Waals surface area contributed by atoms with Crippen LogP contribution in [0.5, 0.6) is 0 Å². The molecule has 0 aliphatic rings. The summed E-state index contributed by atoms with van der Waals surface area (Å²) in [7, 11) is 1.97. The number of fused-ring (bicyclic) bond motifs is 2. The Morgan fingerprint density at radius 1 is 0.824 bits per heavy atom. The van der Waals surface area contributed by atoms with Crippen LogP contribution in [0.4, 0.5) is 5.69 Å². The third-order valence-electron chi connectivity index (χ3n) is 3.37. The van der Waals surface area contributed by atoms with Gasteiger partial charge >= 0.3 is 0 Å². The first-order valence-electron chi connectivity index (χ1n) is 5.89. The molecule has 1 N–H and O–H groups in total. The van der Waals surface area contributed by atoms with Gasteiger partial charge in [0.05, 0.1) is 0 Å². The Bertz CT molecular complexity index is 698. The van der Waals surface area contributed by atoms with Crippen LogP contribution in [-0.4, -0.2) is 7.05 Å². The molecule has 1 heteroatoms. The monoisotopic (exact) mass is 221 g/mol. The second kappa shape index (κ2) is 3.77. The van der Waals surface area contributed by atoms with E-state index in [9.17, 15) is 0 Å². The van der Waals surface area contributed by atoms with E-state index in [2.05, 4.69) is 60.8 Å². The van der Waals surface area contributed by atoms with Gasteiger partial charge in [0, 0.05) is 18.1 Å². The smallest absolute Gasteiger partial charge is 0.0417 e. The SMILES string of the molecule is CNc1cccc2cc3cccc(C)c3cc12. The lowest BCUT2D eigenvalue weighted by molar-refractivity contribution is 1.53. The van der Waals surface area contributed by atoms with E-state index < -0.39 is 0 Å². The molecule has 84 valence electrons. The highest BCUT2D eigenvalue weighted by Crippen LogP contribution is 2.29. The zero-order valence-electron chi connectivity index (χ0n) is 10.1. The summed E-state index contributed by atoms with van der Waals surface area (Å²) in [6, 6.07) is 17.4. The van der Waals surface area contributed by atoms with Gasteiger partial charge < -0.3 is 5.32 Å². The molecule has 3 aromatic rings. The lowest BCUT2D eigenvalue weighted by atomic mass is 9.99. The van der Waals surface area contributed by atoms with Crippen molar-refractivity contribution < 1.29 is 0 Å². The molecule has 0 saturated heterocycles. The summed E-state index contributed by atoms with van der Waals surface area (Å²) in [5.74, 6) is 0. The molecule has 0 fully saturated rings. The molecule has 0 saturated carbocycles. The first-order chi connectivity index (χ1) is 8.29. The molecule has 0 radical (unpaired) electrons. The van der Waals surface area contributed by atoms with Crippen molar-refractivity contribution in [1.29, 1.82) is 0 Å². The van der Waals surface area contributed by atoms with Gasteiger partial charge in [-0.3, -0.25) is 0 Å². The van der Waals surface area contributed by atoms with E-state index in [1.807, 2.05) is 7.05 Å². The second-order valence-electron chi connectivity index (χ2n) is 4.42. The molecule has 3 aromatic carbocycles. The summed E-state index contributed by atoms with van der Waals surface area (Å²) in [4.78, 5) is 0. The number of rotatable bonds is 1. The van der Waals surface area contributed by atoms with E-state index in [0.29, 0.717) is 0 Å². The minimum absolute atomic E-state index is 1.19. The van der Waals surface area contributed by atoms with Crippen molar-refractivity contribution in [1.82, 2.24) is 0 Å². The quantitative estimate of drug-likeness (QED) is 0.603. The van der Waals surface area contributed by atoms with Gasteiger partial charge in [0.15, 0.2) is 0 Å². The molecule has 0 atom stereocenters. The molecular weight excluding hydrogens is 206 g/mol. The molecule has 3 rings (SSSR count). The minimum Gasteiger partial charge on any atom is -0.388 e. The number of nitrogens with one attached hydrogen (secondary N) is 1. The highest BCUT2D eigenvalue weighted by atomic mass is 14.8. The lowest BCUT2D eigenvalue weighted by Gasteiger charge is -2.09. The zero-order chi connectivity index (χ0) is 11.8. The van der Waals surface area contributed by atoms with Crippen molar-refractivity contribution >= 4 is 27.2 Å². The van der Waals surface area contributed by atoms with Gasteiger partial charge in [0.1, 0.15) is 0 Å². The Kier molecular flexibility index (Phi) is 2.25. The van der Waals surface area contributed by atoms with Crippen molar-refractivity contribution in [2.24, 2.45) is 0 Å². The molecule has 0 aliphatic carbocycles. The molecular formula is C16H15N. The van der Waals surface area contributed by atoms with Crippen LogP contribution >= 0.6 is 0 Å². The van der Waals surface area contributed by atoms with E-state index >= 15 is 0 Å². The number of hydrogen-bond acceptors (Lipinski definition) is 1. The van der Waals surface area contributed by atoms with Crippen molar-refractivity contribution in [2.75, 3.05) is 12.4 Å². The Hall–Kier alpha value is -2.02. The van der Waals surface area contributed by atoms with E-state index in [-0.39, 0.29) is 0 Å². The van der Waals surface area contributed by atoms with Crippen LogP contribution in [0.3, 0.4) is 0 Å². The lowest BCUT2D eigenvalue weighted by Crippen LogP contribution is -1.89. The maximum Gasteiger partial charge on any atom is 0.0417 e. The summed E-state index contributed by atoms with van der Waals surface area (Å²) >= 11 is 0. The number of aryl methyl sites for hydroxylation is 1. The summed E-state index contributed by atoms with van der Waals surface area (Å²) < 4.78 is 0. The van der Waals surface area contributed by atoms with Crippen LogP contribution in [0.25, 0.3) is 21.5 Å². The fourth-order valence-corrected chi connectivity index (χ4v) is 2.43. The molecule has 0 heterocycles. The fourth-order valence-electron chi connectivity index (χ4n) is 2.43. The molecule has 0 spiro atoms. The summed E-state index contributed by atoms with van der Waals surface area (Å²) in [6.45, 7) is 2.16. The van der Waals surface area contributed by atoms with Crippen LogP contribution in [0.15, 0.2) is 48.5 Å². The highest BCUT2D eigenvalue weighted by Gasteiger charge is 2.03. The predicted molar refractivity (Wildman–Crippen MR) is 75.7 cm³/mol. The zero-order valence-corrected chi connectivity index (χ0v) is 10.1.